The SMILES string of the molecule is CCC1CCCC(OCCNCC2CCCCC2)C1. The highest BCUT2D eigenvalue weighted by Crippen LogP contribution is 2.28. The van der Waals surface area contributed by atoms with E-state index in [4.69, 9.17) is 4.74 Å². The number of hydrogen-bond donors (Lipinski definition) is 1. The van der Waals surface area contributed by atoms with Crippen LogP contribution in [0.4, 0.5) is 0 Å². The average molecular weight is 267 g/mol. The van der Waals surface area contributed by atoms with Gasteiger partial charge < -0.3 is 10.1 Å². The molecule has 0 aromatic rings. The Morgan fingerprint density at radius 3 is 2.53 bits per heavy atom. The second kappa shape index (κ2) is 8.97. The highest BCUT2D eigenvalue weighted by atomic mass is 16.5. The van der Waals surface area contributed by atoms with Crippen molar-refractivity contribution in [2.45, 2.75) is 77.2 Å². The molecule has 2 atom stereocenters. The molecular weight excluding hydrogens is 234 g/mol. The van der Waals surface area contributed by atoms with Gasteiger partial charge in [-0.25, -0.2) is 0 Å². The third-order valence-electron chi connectivity index (χ3n) is 5.10. The van der Waals surface area contributed by atoms with Crippen molar-refractivity contribution in [3.05, 3.63) is 0 Å². The van der Waals surface area contributed by atoms with Crippen LogP contribution in [-0.2, 0) is 4.74 Å². The molecule has 2 rings (SSSR count). The van der Waals surface area contributed by atoms with E-state index in [1.165, 1.54) is 70.8 Å². The van der Waals surface area contributed by atoms with Gasteiger partial charge in [-0.15, -0.1) is 0 Å². The Kier molecular flexibility index (Phi) is 7.23. The van der Waals surface area contributed by atoms with Crippen LogP contribution in [0, 0.1) is 11.8 Å². The lowest BCUT2D eigenvalue weighted by molar-refractivity contribution is 0.0139. The van der Waals surface area contributed by atoms with Gasteiger partial charge in [-0.2, -0.15) is 0 Å². The largest absolute Gasteiger partial charge is 0.377 e. The summed E-state index contributed by atoms with van der Waals surface area (Å²) in [6.45, 7) is 5.49. The lowest BCUT2D eigenvalue weighted by Crippen LogP contribution is -2.30. The van der Waals surface area contributed by atoms with Crippen LogP contribution in [0.1, 0.15) is 71.1 Å². The number of hydrogen-bond acceptors (Lipinski definition) is 2. The Morgan fingerprint density at radius 1 is 0.947 bits per heavy atom. The molecule has 0 amide bonds. The predicted molar refractivity (Wildman–Crippen MR) is 81.4 cm³/mol. The maximum Gasteiger partial charge on any atom is 0.0594 e. The molecule has 2 nitrogen and oxygen atoms in total. The molecule has 112 valence electrons. The molecule has 0 aromatic heterocycles. The molecule has 0 spiro atoms. The zero-order valence-electron chi connectivity index (χ0n) is 12.8. The second-order valence-electron chi connectivity index (χ2n) is 6.64. The molecule has 2 heteroatoms. The maximum atomic E-state index is 6.04. The molecule has 1 N–H and O–H groups in total. The van der Waals surface area contributed by atoms with Crippen molar-refractivity contribution in [1.29, 1.82) is 0 Å². The van der Waals surface area contributed by atoms with Crippen LogP contribution in [0.5, 0.6) is 0 Å². The first-order chi connectivity index (χ1) is 9.38. The van der Waals surface area contributed by atoms with Gasteiger partial charge in [-0.3, -0.25) is 0 Å². The lowest BCUT2D eigenvalue weighted by Gasteiger charge is -2.28. The normalized spacial score (nSPS) is 29.5. The van der Waals surface area contributed by atoms with Crippen LogP contribution in [0.3, 0.4) is 0 Å². The zero-order valence-corrected chi connectivity index (χ0v) is 12.8. The standard InChI is InChI=1S/C17H33NO/c1-2-15-9-6-10-17(13-15)19-12-11-18-14-16-7-4-3-5-8-16/h15-18H,2-14H2,1H3. The fourth-order valence-electron chi connectivity index (χ4n) is 3.76. The van der Waals surface area contributed by atoms with E-state index >= 15 is 0 Å². The Labute approximate surface area is 119 Å². The van der Waals surface area contributed by atoms with E-state index in [1.54, 1.807) is 0 Å². The van der Waals surface area contributed by atoms with Crippen LogP contribution in [0.25, 0.3) is 0 Å². The quantitative estimate of drug-likeness (QED) is 0.700. The Hall–Kier alpha value is -0.0800. The summed E-state index contributed by atoms with van der Waals surface area (Å²) in [5.74, 6) is 1.86. The molecule has 2 saturated carbocycles. The molecular formula is C17H33NO. The van der Waals surface area contributed by atoms with Crippen LogP contribution in [-0.4, -0.2) is 25.8 Å². The van der Waals surface area contributed by atoms with Crippen molar-refractivity contribution < 1.29 is 4.74 Å². The minimum absolute atomic E-state index is 0.551. The van der Waals surface area contributed by atoms with E-state index in [-0.39, 0.29) is 0 Å². The summed E-state index contributed by atoms with van der Waals surface area (Å²) in [6, 6.07) is 0. The Morgan fingerprint density at radius 2 is 1.74 bits per heavy atom. The van der Waals surface area contributed by atoms with Gasteiger partial charge in [0.25, 0.3) is 0 Å². The van der Waals surface area contributed by atoms with Gasteiger partial charge in [0.05, 0.1) is 12.7 Å². The van der Waals surface area contributed by atoms with E-state index in [0.717, 1.165) is 25.0 Å². The molecule has 2 fully saturated rings. The van der Waals surface area contributed by atoms with Crippen LogP contribution >= 0.6 is 0 Å². The highest BCUT2D eigenvalue weighted by Gasteiger charge is 2.20. The van der Waals surface area contributed by atoms with Crippen LogP contribution in [0.15, 0.2) is 0 Å². The first kappa shape index (κ1) is 15.3. The minimum atomic E-state index is 0.551. The molecule has 0 heterocycles. The maximum absolute atomic E-state index is 6.04. The number of nitrogens with one attached hydrogen (secondary N) is 1. The summed E-state index contributed by atoms with van der Waals surface area (Å²) in [7, 11) is 0. The summed E-state index contributed by atoms with van der Waals surface area (Å²) in [5.41, 5.74) is 0. The van der Waals surface area contributed by atoms with E-state index < -0.39 is 0 Å². The van der Waals surface area contributed by atoms with Crippen molar-refractivity contribution in [3.63, 3.8) is 0 Å². The fraction of sp³-hybridized carbons (Fsp3) is 1.00. The molecule has 2 unspecified atom stereocenters. The van der Waals surface area contributed by atoms with Crippen molar-refractivity contribution in [1.82, 2.24) is 5.32 Å². The summed E-state index contributed by atoms with van der Waals surface area (Å²) in [4.78, 5) is 0. The third kappa shape index (κ3) is 5.83. The van der Waals surface area contributed by atoms with Gasteiger partial charge >= 0.3 is 0 Å². The van der Waals surface area contributed by atoms with Crippen LogP contribution < -0.4 is 5.32 Å². The summed E-state index contributed by atoms with van der Waals surface area (Å²) in [5, 5.41) is 3.59. The molecule has 2 aliphatic rings. The van der Waals surface area contributed by atoms with E-state index in [1.807, 2.05) is 0 Å². The molecule has 0 saturated heterocycles. The Bertz CT molecular complexity index is 225. The van der Waals surface area contributed by atoms with Crippen molar-refractivity contribution in [2.24, 2.45) is 11.8 Å². The third-order valence-corrected chi connectivity index (χ3v) is 5.10. The average Bonchev–Trinajstić information content (AvgIpc) is 2.48. The van der Waals surface area contributed by atoms with Gasteiger partial charge in [0.1, 0.15) is 0 Å². The van der Waals surface area contributed by atoms with Gasteiger partial charge in [0.2, 0.25) is 0 Å². The predicted octanol–water partition coefficient (Wildman–Crippen LogP) is 4.14. The summed E-state index contributed by atoms with van der Waals surface area (Å²) in [6.07, 6.45) is 14.5. The fourth-order valence-corrected chi connectivity index (χ4v) is 3.76. The lowest BCUT2D eigenvalue weighted by atomic mass is 9.85. The highest BCUT2D eigenvalue weighted by molar-refractivity contribution is 4.73. The minimum Gasteiger partial charge on any atom is -0.377 e. The first-order valence-electron chi connectivity index (χ1n) is 8.70. The van der Waals surface area contributed by atoms with Gasteiger partial charge in [-0.1, -0.05) is 45.4 Å². The van der Waals surface area contributed by atoms with E-state index in [2.05, 4.69) is 12.2 Å². The number of rotatable bonds is 7. The van der Waals surface area contributed by atoms with Gasteiger partial charge in [0, 0.05) is 6.54 Å². The summed E-state index contributed by atoms with van der Waals surface area (Å²) < 4.78 is 6.04. The van der Waals surface area contributed by atoms with Crippen molar-refractivity contribution >= 4 is 0 Å². The zero-order chi connectivity index (χ0) is 13.3. The molecule has 0 aliphatic heterocycles. The first-order valence-corrected chi connectivity index (χ1v) is 8.70. The van der Waals surface area contributed by atoms with E-state index in [0.29, 0.717) is 6.10 Å². The Balaban J connectivity index is 1.47. The van der Waals surface area contributed by atoms with E-state index in [9.17, 15) is 0 Å². The molecule has 0 radical (unpaired) electrons. The topological polar surface area (TPSA) is 21.3 Å². The number of ether oxygens (including phenoxy) is 1. The van der Waals surface area contributed by atoms with Crippen molar-refractivity contribution in [3.8, 4) is 0 Å². The molecule has 2 aliphatic carbocycles. The van der Waals surface area contributed by atoms with Gasteiger partial charge in [-0.05, 0) is 44.1 Å². The monoisotopic (exact) mass is 267 g/mol. The van der Waals surface area contributed by atoms with Crippen LogP contribution in [0.2, 0.25) is 0 Å². The summed E-state index contributed by atoms with van der Waals surface area (Å²) >= 11 is 0. The molecule has 19 heavy (non-hydrogen) atoms. The smallest absolute Gasteiger partial charge is 0.0594 e. The second-order valence-corrected chi connectivity index (χ2v) is 6.64. The molecule has 0 bridgehead atoms. The van der Waals surface area contributed by atoms with Gasteiger partial charge in [0.15, 0.2) is 0 Å². The molecule has 0 aromatic carbocycles. The van der Waals surface area contributed by atoms with Crippen molar-refractivity contribution in [2.75, 3.05) is 19.7 Å².